The lowest BCUT2D eigenvalue weighted by Crippen LogP contribution is -2.26. The fourth-order valence-electron chi connectivity index (χ4n) is 3.59. The Bertz CT molecular complexity index is 1240. The van der Waals surface area contributed by atoms with E-state index in [0.29, 0.717) is 0 Å². The molecule has 0 amide bonds. The number of hydrogen-bond acceptors (Lipinski definition) is 2. The molecule has 0 N–H and O–H groups in total. The van der Waals surface area contributed by atoms with Crippen LogP contribution in [0, 0.1) is 0 Å². The van der Waals surface area contributed by atoms with E-state index in [1.165, 1.54) is 0 Å². The molecule has 0 aromatic heterocycles. The molecular formula is C20H2F24S2. The molecule has 0 radical (unpaired) electrons. The molecular weight excluding hydrogens is 760 g/mol. The molecule has 0 unspecified atom stereocenters. The molecule has 2 aromatic carbocycles. The molecule has 0 spiro atoms. The highest BCUT2D eigenvalue weighted by Gasteiger charge is 2.56. The van der Waals surface area contributed by atoms with Crippen LogP contribution in [0.3, 0.4) is 0 Å². The third-order valence-corrected chi connectivity index (χ3v) is 7.61. The van der Waals surface area contributed by atoms with Gasteiger partial charge in [-0.2, -0.15) is 105 Å². The lowest BCUT2D eigenvalue weighted by Gasteiger charge is -2.28. The predicted molar refractivity (Wildman–Crippen MR) is 105 cm³/mol. The van der Waals surface area contributed by atoms with Gasteiger partial charge >= 0.3 is 49.4 Å². The SMILES string of the molecule is FC(F)(F)c1cc(C(F)(F)F)c(C(F)(F)F)c(SSc2c(C(F)(F)F)c(C(F)(F)F)cc(C(F)(F)F)c2C(F)(F)F)c1C(F)(F)F. The Morgan fingerprint density at radius 2 is 0.413 bits per heavy atom. The Morgan fingerprint density at radius 3 is 0.522 bits per heavy atom. The Kier molecular flexibility index (Phi) is 9.96. The summed E-state index contributed by atoms with van der Waals surface area (Å²) in [5.41, 5.74) is -29.9. The monoisotopic (exact) mass is 762 g/mol. The topological polar surface area (TPSA) is 0 Å². The smallest absolute Gasteiger partial charge is 0.166 e. The summed E-state index contributed by atoms with van der Waals surface area (Å²) in [5, 5.41) is 0. The van der Waals surface area contributed by atoms with Crippen LogP contribution in [0.15, 0.2) is 21.9 Å². The Morgan fingerprint density at radius 1 is 0.261 bits per heavy atom. The van der Waals surface area contributed by atoms with Crippen molar-refractivity contribution in [2.24, 2.45) is 0 Å². The Balaban J connectivity index is 3.35. The van der Waals surface area contributed by atoms with Crippen LogP contribution in [0.2, 0.25) is 0 Å². The molecule has 0 nitrogen and oxygen atoms in total. The average Bonchev–Trinajstić information content (AvgIpc) is 2.75. The summed E-state index contributed by atoms with van der Waals surface area (Å²) >= 11 is 0. The van der Waals surface area contributed by atoms with Crippen LogP contribution >= 0.6 is 21.6 Å². The van der Waals surface area contributed by atoms with Crippen LogP contribution in [-0.2, 0) is 49.4 Å². The lowest BCUT2D eigenvalue weighted by atomic mass is 9.96. The van der Waals surface area contributed by atoms with Crippen LogP contribution in [0.4, 0.5) is 105 Å². The number of alkyl halides is 24. The van der Waals surface area contributed by atoms with Gasteiger partial charge < -0.3 is 0 Å². The van der Waals surface area contributed by atoms with E-state index in [-0.39, 0.29) is 0 Å². The highest BCUT2D eigenvalue weighted by Crippen LogP contribution is 2.60. The molecule has 0 fully saturated rings. The molecule has 0 heterocycles. The summed E-state index contributed by atoms with van der Waals surface area (Å²) in [6.07, 6.45) is -54.5. The first-order chi connectivity index (χ1) is 19.9. The zero-order valence-electron chi connectivity index (χ0n) is 20.0. The quantitative estimate of drug-likeness (QED) is 0.226. The van der Waals surface area contributed by atoms with Gasteiger partial charge in [-0.3, -0.25) is 0 Å². The number of benzene rings is 2. The molecule has 0 atom stereocenters. The predicted octanol–water partition coefficient (Wildman–Crippen LogP) is 12.6. The van der Waals surface area contributed by atoms with E-state index in [1.807, 2.05) is 0 Å². The molecule has 262 valence electrons. The van der Waals surface area contributed by atoms with Gasteiger partial charge in [-0.15, -0.1) is 0 Å². The van der Waals surface area contributed by atoms with Gasteiger partial charge in [0.15, 0.2) is 0 Å². The molecule has 0 saturated carbocycles. The van der Waals surface area contributed by atoms with Crippen molar-refractivity contribution in [2.45, 2.75) is 59.2 Å². The van der Waals surface area contributed by atoms with E-state index in [0.717, 1.165) is 0 Å². The van der Waals surface area contributed by atoms with Gasteiger partial charge in [0.05, 0.1) is 44.5 Å². The molecule has 2 rings (SSSR count). The van der Waals surface area contributed by atoms with E-state index < -0.39 is 137 Å². The fraction of sp³-hybridized carbons (Fsp3) is 0.400. The van der Waals surface area contributed by atoms with Gasteiger partial charge in [0.25, 0.3) is 0 Å². The average molecular weight is 762 g/mol. The first-order valence-electron chi connectivity index (χ1n) is 10.3. The molecule has 0 bridgehead atoms. The van der Waals surface area contributed by atoms with E-state index in [4.69, 9.17) is 0 Å². The lowest BCUT2D eigenvalue weighted by molar-refractivity contribution is -0.174. The molecule has 0 aliphatic carbocycles. The normalized spacial score (nSPS) is 14.7. The summed E-state index contributed by atoms with van der Waals surface area (Å²) in [6, 6.07) is -3.51. The molecule has 0 aliphatic heterocycles. The van der Waals surface area contributed by atoms with Gasteiger partial charge in [0, 0.05) is 9.79 Å². The summed E-state index contributed by atoms with van der Waals surface area (Å²) < 4.78 is 326. The molecule has 46 heavy (non-hydrogen) atoms. The van der Waals surface area contributed by atoms with E-state index in [2.05, 4.69) is 0 Å². The summed E-state index contributed by atoms with van der Waals surface area (Å²) in [6.45, 7) is 0. The molecule has 26 heteroatoms. The van der Waals surface area contributed by atoms with Crippen LogP contribution < -0.4 is 0 Å². The summed E-state index contributed by atoms with van der Waals surface area (Å²) in [5.74, 6) is 0. The molecule has 0 saturated heterocycles. The maximum atomic E-state index is 13.7. The zero-order valence-corrected chi connectivity index (χ0v) is 21.7. The minimum absolute atomic E-state index is 1.76. The number of rotatable bonds is 3. The molecule has 0 aliphatic rings. The fourth-order valence-corrected chi connectivity index (χ4v) is 6.49. The minimum atomic E-state index is -6.90. The third-order valence-electron chi connectivity index (χ3n) is 5.13. The Labute approximate surface area is 243 Å². The minimum Gasteiger partial charge on any atom is -0.166 e. The summed E-state index contributed by atoms with van der Waals surface area (Å²) in [7, 11) is -4.24. The van der Waals surface area contributed by atoms with Crippen molar-refractivity contribution >= 4 is 21.6 Å². The van der Waals surface area contributed by atoms with Crippen molar-refractivity contribution in [3.63, 3.8) is 0 Å². The van der Waals surface area contributed by atoms with Gasteiger partial charge in [-0.25, -0.2) is 0 Å². The van der Waals surface area contributed by atoms with Crippen molar-refractivity contribution < 1.29 is 105 Å². The van der Waals surface area contributed by atoms with Gasteiger partial charge in [-0.05, 0) is 12.1 Å². The zero-order chi connectivity index (χ0) is 36.6. The van der Waals surface area contributed by atoms with Crippen molar-refractivity contribution in [3.8, 4) is 0 Å². The summed E-state index contributed by atoms with van der Waals surface area (Å²) in [4.78, 5) is -7.00. The van der Waals surface area contributed by atoms with Crippen LogP contribution in [0.1, 0.15) is 44.5 Å². The highest BCUT2D eigenvalue weighted by molar-refractivity contribution is 8.76. The van der Waals surface area contributed by atoms with Gasteiger partial charge in [0.2, 0.25) is 0 Å². The standard InChI is InChI=1S/C20H2F24S2/c21-13(22,23)3-1-4(14(24,25)26)8(18(36,37)38)11(7(3)17(33,34)35)45-46-12-9(19(39,40)41)5(15(27,28)29)2-6(16(30,31)32)10(12)20(42,43)44/h1-2H. The van der Waals surface area contributed by atoms with Crippen LogP contribution in [0.5, 0.6) is 0 Å². The van der Waals surface area contributed by atoms with E-state index >= 15 is 0 Å². The second-order valence-electron chi connectivity index (χ2n) is 8.25. The van der Waals surface area contributed by atoms with E-state index in [1.54, 1.807) is 0 Å². The second kappa shape index (κ2) is 11.6. The maximum absolute atomic E-state index is 13.7. The number of halogens is 24. The van der Waals surface area contributed by atoms with Crippen LogP contribution in [-0.4, -0.2) is 0 Å². The van der Waals surface area contributed by atoms with Crippen molar-refractivity contribution in [1.29, 1.82) is 0 Å². The van der Waals surface area contributed by atoms with Crippen molar-refractivity contribution in [2.75, 3.05) is 0 Å². The first kappa shape index (κ1) is 39.6. The third kappa shape index (κ3) is 8.29. The maximum Gasteiger partial charge on any atom is 0.418 e. The highest BCUT2D eigenvalue weighted by atomic mass is 33.1. The Hall–Kier alpha value is -2.54. The second-order valence-corrected chi connectivity index (χ2v) is 10.4. The van der Waals surface area contributed by atoms with Crippen molar-refractivity contribution in [1.82, 2.24) is 0 Å². The first-order valence-corrected chi connectivity index (χ1v) is 12.4. The largest absolute Gasteiger partial charge is 0.418 e. The van der Waals surface area contributed by atoms with Gasteiger partial charge in [0.1, 0.15) is 0 Å². The van der Waals surface area contributed by atoms with Gasteiger partial charge in [-0.1, -0.05) is 21.6 Å². The van der Waals surface area contributed by atoms with E-state index in [9.17, 15) is 105 Å². The molecule has 2 aromatic rings. The number of hydrogen-bond donors (Lipinski definition) is 0. The van der Waals surface area contributed by atoms with Crippen LogP contribution in [0.25, 0.3) is 0 Å². The van der Waals surface area contributed by atoms with Crippen molar-refractivity contribution in [3.05, 3.63) is 56.6 Å².